The zero-order valence-corrected chi connectivity index (χ0v) is 12.4. The molecule has 3 aromatic rings. The lowest BCUT2D eigenvalue weighted by Crippen LogP contribution is -2.12. The molecule has 0 aliphatic rings. The predicted octanol–water partition coefficient (Wildman–Crippen LogP) is 3.60. The topological polar surface area (TPSA) is 65.5 Å². The number of nitrogens with one attached hydrogen (secondary N) is 1. The summed E-state index contributed by atoms with van der Waals surface area (Å²) in [5.41, 5.74) is 3.28. The Morgan fingerprint density at radius 2 is 1.73 bits per heavy atom. The van der Waals surface area contributed by atoms with Crippen LogP contribution in [0.1, 0.15) is 16.7 Å². The molecule has 0 spiro atoms. The standard InChI is InChI=1S/C18H16N2O2/c1-11-6-5-7-12(2)16(11)19-10-14-17(21)13-8-3-4-9-15(13)20-18(14)22/h3-10H,1-2H3,(H2,20,21,22). The van der Waals surface area contributed by atoms with Crippen LogP contribution in [-0.4, -0.2) is 16.3 Å². The third-order valence-electron chi connectivity index (χ3n) is 3.69. The quantitative estimate of drug-likeness (QED) is 0.709. The first-order chi connectivity index (χ1) is 10.6. The SMILES string of the molecule is Cc1cccc(C)c1N=Cc1c(O)c2ccccc2[nH]c1=O. The van der Waals surface area contributed by atoms with Gasteiger partial charge in [0.1, 0.15) is 11.3 Å². The van der Waals surface area contributed by atoms with Crippen molar-refractivity contribution in [1.82, 2.24) is 4.98 Å². The van der Waals surface area contributed by atoms with E-state index in [0.29, 0.717) is 10.9 Å². The van der Waals surface area contributed by atoms with E-state index in [1.165, 1.54) is 6.21 Å². The Labute approximate surface area is 127 Å². The molecule has 0 amide bonds. The molecule has 0 unspecified atom stereocenters. The molecule has 2 aromatic carbocycles. The van der Waals surface area contributed by atoms with Crippen LogP contribution in [-0.2, 0) is 0 Å². The maximum Gasteiger partial charge on any atom is 0.261 e. The van der Waals surface area contributed by atoms with E-state index in [0.717, 1.165) is 16.8 Å². The molecule has 2 N–H and O–H groups in total. The van der Waals surface area contributed by atoms with Crippen LogP contribution in [0.5, 0.6) is 5.75 Å². The highest BCUT2D eigenvalue weighted by Crippen LogP contribution is 2.26. The van der Waals surface area contributed by atoms with Crippen LogP contribution in [0.2, 0.25) is 0 Å². The molecule has 0 radical (unpaired) electrons. The predicted molar refractivity (Wildman–Crippen MR) is 89.4 cm³/mol. The average molecular weight is 292 g/mol. The lowest BCUT2D eigenvalue weighted by atomic mass is 10.1. The molecule has 4 heteroatoms. The van der Waals surface area contributed by atoms with Gasteiger partial charge in [0, 0.05) is 11.6 Å². The molecule has 1 heterocycles. The molecule has 4 nitrogen and oxygen atoms in total. The number of nitrogens with zero attached hydrogens (tertiary/aromatic N) is 1. The van der Waals surface area contributed by atoms with Crippen LogP contribution in [0, 0.1) is 13.8 Å². The van der Waals surface area contributed by atoms with Crippen molar-refractivity contribution in [2.75, 3.05) is 0 Å². The van der Waals surface area contributed by atoms with E-state index in [1.54, 1.807) is 12.1 Å². The molecule has 0 saturated heterocycles. The van der Waals surface area contributed by atoms with E-state index in [9.17, 15) is 9.90 Å². The highest BCUT2D eigenvalue weighted by atomic mass is 16.3. The second kappa shape index (κ2) is 5.48. The van der Waals surface area contributed by atoms with Gasteiger partial charge in [0.2, 0.25) is 0 Å². The summed E-state index contributed by atoms with van der Waals surface area (Å²) in [6.07, 6.45) is 1.43. The molecule has 0 fully saturated rings. The number of hydrogen-bond acceptors (Lipinski definition) is 3. The second-order valence-corrected chi connectivity index (χ2v) is 5.26. The Hall–Kier alpha value is -2.88. The van der Waals surface area contributed by atoms with Crippen LogP contribution >= 0.6 is 0 Å². The highest BCUT2D eigenvalue weighted by molar-refractivity contribution is 5.95. The van der Waals surface area contributed by atoms with Gasteiger partial charge in [-0.25, -0.2) is 0 Å². The summed E-state index contributed by atoms with van der Waals surface area (Å²) >= 11 is 0. The smallest absolute Gasteiger partial charge is 0.261 e. The summed E-state index contributed by atoms with van der Waals surface area (Å²) in [5.74, 6) is -0.0469. The third kappa shape index (κ3) is 2.39. The minimum atomic E-state index is -0.355. The van der Waals surface area contributed by atoms with Crippen molar-refractivity contribution in [2.24, 2.45) is 4.99 Å². The number of aliphatic imine (C=N–C) groups is 1. The Bertz CT molecular complexity index is 919. The average Bonchev–Trinajstić information content (AvgIpc) is 2.49. The number of aromatic nitrogens is 1. The summed E-state index contributed by atoms with van der Waals surface area (Å²) in [5, 5.41) is 10.9. The van der Waals surface area contributed by atoms with Crippen LogP contribution in [0.3, 0.4) is 0 Å². The van der Waals surface area contributed by atoms with Gasteiger partial charge in [-0.2, -0.15) is 0 Å². The summed E-state index contributed by atoms with van der Waals surface area (Å²) in [6.45, 7) is 3.92. The Morgan fingerprint density at radius 1 is 1.05 bits per heavy atom. The molecule has 1 aromatic heterocycles. The van der Waals surface area contributed by atoms with E-state index < -0.39 is 0 Å². The number of aryl methyl sites for hydroxylation is 2. The van der Waals surface area contributed by atoms with Gasteiger partial charge in [-0.15, -0.1) is 0 Å². The summed E-state index contributed by atoms with van der Waals surface area (Å²) in [4.78, 5) is 19.3. The molecule has 0 aliphatic heterocycles. The van der Waals surface area contributed by atoms with Gasteiger partial charge in [-0.1, -0.05) is 30.3 Å². The van der Waals surface area contributed by atoms with Gasteiger partial charge in [0.25, 0.3) is 5.56 Å². The van der Waals surface area contributed by atoms with E-state index in [-0.39, 0.29) is 16.9 Å². The van der Waals surface area contributed by atoms with E-state index >= 15 is 0 Å². The lowest BCUT2D eigenvalue weighted by Gasteiger charge is -2.05. The number of aromatic hydroxyl groups is 1. The maximum atomic E-state index is 12.1. The molecular formula is C18H16N2O2. The molecule has 0 atom stereocenters. The highest BCUT2D eigenvalue weighted by Gasteiger charge is 2.10. The molecule has 0 aliphatic carbocycles. The number of benzene rings is 2. The van der Waals surface area contributed by atoms with Gasteiger partial charge in [-0.3, -0.25) is 9.79 Å². The fraction of sp³-hybridized carbons (Fsp3) is 0.111. The van der Waals surface area contributed by atoms with Crippen molar-refractivity contribution in [1.29, 1.82) is 0 Å². The van der Waals surface area contributed by atoms with Gasteiger partial charge in [0.15, 0.2) is 0 Å². The number of H-pyrrole nitrogens is 1. The number of hydrogen-bond donors (Lipinski definition) is 2. The van der Waals surface area contributed by atoms with Crippen LogP contribution < -0.4 is 5.56 Å². The zero-order chi connectivity index (χ0) is 15.7. The largest absolute Gasteiger partial charge is 0.506 e. The van der Waals surface area contributed by atoms with E-state index in [4.69, 9.17) is 0 Å². The Balaban J connectivity index is 2.15. The number of pyridine rings is 1. The van der Waals surface area contributed by atoms with Gasteiger partial charge < -0.3 is 10.1 Å². The summed E-state index contributed by atoms with van der Waals surface area (Å²) in [6, 6.07) is 13.0. The monoisotopic (exact) mass is 292 g/mol. The first kappa shape index (κ1) is 14.1. The zero-order valence-electron chi connectivity index (χ0n) is 12.4. The minimum absolute atomic E-state index is 0.0469. The number of fused-ring (bicyclic) bond motifs is 1. The van der Waals surface area contributed by atoms with Gasteiger partial charge in [0.05, 0.1) is 11.2 Å². The fourth-order valence-electron chi connectivity index (χ4n) is 2.50. The van der Waals surface area contributed by atoms with Crippen molar-refractivity contribution in [3.63, 3.8) is 0 Å². The fourth-order valence-corrected chi connectivity index (χ4v) is 2.50. The maximum absolute atomic E-state index is 12.1. The van der Waals surface area contributed by atoms with Crippen LogP contribution in [0.25, 0.3) is 10.9 Å². The molecule has 3 rings (SSSR count). The lowest BCUT2D eigenvalue weighted by molar-refractivity contribution is 0.479. The molecule has 0 bridgehead atoms. The van der Waals surface area contributed by atoms with E-state index in [1.807, 2.05) is 44.2 Å². The first-order valence-corrected chi connectivity index (χ1v) is 7.02. The molecule has 0 saturated carbocycles. The Morgan fingerprint density at radius 3 is 2.45 bits per heavy atom. The van der Waals surface area contributed by atoms with Crippen molar-refractivity contribution in [2.45, 2.75) is 13.8 Å². The summed E-state index contributed by atoms with van der Waals surface area (Å²) in [7, 11) is 0. The van der Waals surface area contributed by atoms with Crippen molar-refractivity contribution >= 4 is 22.8 Å². The van der Waals surface area contributed by atoms with Crippen LogP contribution in [0.15, 0.2) is 52.3 Å². The van der Waals surface area contributed by atoms with Crippen LogP contribution in [0.4, 0.5) is 5.69 Å². The third-order valence-corrected chi connectivity index (χ3v) is 3.69. The molecule has 22 heavy (non-hydrogen) atoms. The molecular weight excluding hydrogens is 276 g/mol. The normalized spacial score (nSPS) is 11.4. The van der Waals surface area contributed by atoms with E-state index in [2.05, 4.69) is 9.98 Å². The Kier molecular flexibility index (Phi) is 3.51. The number of para-hydroxylation sites is 2. The van der Waals surface area contributed by atoms with Gasteiger partial charge in [-0.05, 0) is 37.1 Å². The van der Waals surface area contributed by atoms with Crippen molar-refractivity contribution in [3.05, 3.63) is 69.5 Å². The first-order valence-electron chi connectivity index (χ1n) is 7.02. The summed E-state index contributed by atoms with van der Waals surface area (Å²) < 4.78 is 0. The van der Waals surface area contributed by atoms with Crippen molar-refractivity contribution in [3.8, 4) is 5.75 Å². The second-order valence-electron chi connectivity index (χ2n) is 5.26. The number of rotatable bonds is 2. The minimum Gasteiger partial charge on any atom is -0.506 e. The van der Waals surface area contributed by atoms with Gasteiger partial charge >= 0.3 is 0 Å². The number of aromatic amines is 1. The molecule has 110 valence electrons. The van der Waals surface area contributed by atoms with Crippen molar-refractivity contribution < 1.29 is 5.11 Å².